The molecule has 1 aliphatic heterocycles. The first-order chi connectivity index (χ1) is 9.67. The van der Waals surface area contributed by atoms with Gasteiger partial charge in [0.15, 0.2) is 0 Å². The van der Waals surface area contributed by atoms with Crippen LogP contribution in [0.2, 0.25) is 0 Å². The zero-order valence-corrected chi connectivity index (χ0v) is 13.0. The number of nitrogens with one attached hydrogen (secondary N) is 1. The lowest BCUT2D eigenvalue weighted by atomic mass is 10.0. The number of hydrogen-bond acceptors (Lipinski definition) is 5. The number of aromatic nitrogens is 2. The maximum absolute atomic E-state index is 5.72. The summed E-state index contributed by atoms with van der Waals surface area (Å²) in [6.07, 6.45) is 4.21. The zero-order valence-electron chi connectivity index (χ0n) is 13.0. The summed E-state index contributed by atoms with van der Waals surface area (Å²) < 4.78 is 5.72. The van der Waals surface area contributed by atoms with Crippen LogP contribution in [0.15, 0.2) is 6.33 Å². The normalized spacial score (nSPS) is 16.8. The van der Waals surface area contributed by atoms with Crippen molar-refractivity contribution in [2.75, 3.05) is 37.0 Å². The molecule has 1 aromatic rings. The van der Waals surface area contributed by atoms with Crippen LogP contribution in [0.4, 0.5) is 11.6 Å². The predicted molar refractivity (Wildman–Crippen MR) is 82.5 cm³/mol. The minimum absolute atomic E-state index is 0.401. The van der Waals surface area contributed by atoms with Gasteiger partial charge in [0.05, 0.1) is 6.10 Å². The minimum Gasteiger partial charge on any atom is -0.378 e. The van der Waals surface area contributed by atoms with Gasteiger partial charge in [0.2, 0.25) is 0 Å². The van der Waals surface area contributed by atoms with Crippen molar-refractivity contribution in [2.24, 2.45) is 0 Å². The lowest BCUT2D eigenvalue weighted by Crippen LogP contribution is -2.38. The molecule has 1 saturated heterocycles. The minimum atomic E-state index is 0.401. The van der Waals surface area contributed by atoms with Crippen molar-refractivity contribution in [1.82, 2.24) is 9.97 Å². The number of rotatable bonds is 5. The van der Waals surface area contributed by atoms with Gasteiger partial charge in [-0.3, -0.25) is 0 Å². The van der Waals surface area contributed by atoms with Gasteiger partial charge in [-0.25, -0.2) is 9.97 Å². The molecule has 1 fully saturated rings. The van der Waals surface area contributed by atoms with Crippen molar-refractivity contribution in [1.29, 1.82) is 0 Å². The summed E-state index contributed by atoms with van der Waals surface area (Å²) in [6.45, 7) is 9.26. The van der Waals surface area contributed by atoms with Crippen LogP contribution in [-0.2, 0) is 4.74 Å². The lowest BCUT2D eigenvalue weighted by molar-refractivity contribution is 0.0458. The van der Waals surface area contributed by atoms with Gasteiger partial charge in [-0.05, 0) is 25.7 Å². The second-order valence-electron chi connectivity index (χ2n) is 5.51. The highest BCUT2D eigenvalue weighted by Gasteiger charge is 2.24. The fraction of sp³-hybridized carbons (Fsp3) is 0.733. The van der Waals surface area contributed by atoms with Crippen molar-refractivity contribution in [3.05, 3.63) is 11.9 Å². The van der Waals surface area contributed by atoms with Crippen LogP contribution < -0.4 is 10.2 Å². The van der Waals surface area contributed by atoms with Gasteiger partial charge in [0.1, 0.15) is 18.0 Å². The molecule has 0 unspecified atom stereocenters. The molecule has 5 heteroatoms. The van der Waals surface area contributed by atoms with Gasteiger partial charge < -0.3 is 15.0 Å². The summed E-state index contributed by atoms with van der Waals surface area (Å²) in [7, 11) is 1.92. The Balaban J connectivity index is 2.17. The molecule has 1 aliphatic rings. The summed E-state index contributed by atoms with van der Waals surface area (Å²) in [5, 5.41) is 3.18. The molecule has 1 N–H and O–H groups in total. The van der Waals surface area contributed by atoms with E-state index < -0.39 is 0 Å². The molecule has 2 rings (SSSR count). The molecule has 0 aromatic carbocycles. The van der Waals surface area contributed by atoms with Gasteiger partial charge in [0.25, 0.3) is 0 Å². The maximum atomic E-state index is 5.72. The molecule has 112 valence electrons. The topological polar surface area (TPSA) is 50.3 Å². The van der Waals surface area contributed by atoms with E-state index in [0.717, 1.165) is 44.2 Å². The molecule has 0 radical (unpaired) electrons. The summed E-state index contributed by atoms with van der Waals surface area (Å²) in [4.78, 5) is 11.3. The van der Waals surface area contributed by atoms with Crippen molar-refractivity contribution in [2.45, 2.75) is 45.6 Å². The largest absolute Gasteiger partial charge is 0.378 e. The Hall–Kier alpha value is -1.36. The Bertz CT molecular complexity index is 428. The van der Waals surface area contributed by atoms with Crippen molar-refractivity contribution < 1.29 is 4.74 Å². The van der Waals surface area contributed by atoms with Crippen LogP contribution in [0.25, 0.3) is 0 Å². The van der Waals surface area contributed by atoms with Crippen LogP contribution in [0.3, 0.4) is 0 Å². The lowest BCUT2D eigenvalue weighted by Gasteiger charge is -2.34. The zero-order chi connectivity index (χ0) is 14.5. The van der Waals surface area contributed by atoms with E-state index in [1.54, 1.807) is 6.33 Å². The van der Waals surface area contributed by atoms with E-state index in [4.69, 9.17) is 4.74 Å². The van der Waals surface area contributed by atoms with Gasteiger partial charge in [-0.2, -0.15) is 0 Å². The van der Waals surface area contributed by atoms with Gasteiger partial charge >= 0.3 is 0 Å². The van der Waals surface area contributed by atoms with Crippen LogP contribution in [0, 0.1) is 0 Å². The first-order valence-corrected chi connectivity index (χ1v) is 7.56. The second-order valence-corrected chi connectivity index (χ2v) is 5.51. The molecule has 0 aliphatic carbocycles. The standard InChI is InChI=1S/C15H26N4O/c1-5-20-12-6-8-19(9-7-12)15-13(11(2)3)14(16-4)17-10-18-15/h10-12H,5-9H2,1-4H3,(H,16,17,18). The number of anilines is 2. The summed E-state index contributed by atoms with van der Waals surface area (Å²) in [6, 6.07) is 0. The van der Waals surface area contributed by atoms with Gasteiger partial charge in [-0.15, -0.1) is 0 Å². The molecule has 5 nitrogen and oxygen atoms in total. The molecule has 2 heterocycles. The highest BCUT2D eigenvalue weighted by atomic mass is 16.5. The second kappa shape index (κ2) is 6.88. The number of hydrogen-bond donors (Lipinski definition) is 1. The quantitative estimate of drug-likeness (QED) is 0.897. The molecular weight excluding hydrogens is 252 g/mol. The Morgan fingerprint density at radius 2 is 2.05 bits per heavy atom. The average Bonchev–Trinajstić information content (AvgIpc) is 2.47. The SMILES string of the molecule is CCOC1CCN(c2ncnc(NC)c2C(C)C)CC1. The Kier molecular flexibility index (Phi) is 5.17. The van der Waals surface area contributed by atoms with Crippen LogP contribution in [0.1, 0.15) is 45.1 Å². The number of nitrogens with zero attached hydrogens (tertiary/aromatic N) is 3. The van der Waals surface area contributed by atoms with Crippen molar-refractivity contribution >= 4 is 11.6 Å². The fourth-order valence-corrected chi connectivity index (χ4v) is 2.84. The summed E-state index contributed by atoms with van der Waals surface area (Å²) >= 11 is 0. The highest BCUT2D eigenvalue weighted by molar-refractivity contribution is 5.60. The van der Waals surface area contributed by atoms with Crippen LogP contribution in [0.5, 0.6) is 0 Å². The first-order valence-electron chi connectivity index (χ1n) is 7.56. The molecule has 0 spiro atoms. The Morgan fingerprint density at radius 1 is 1.35 bits per heavy atom. The molecule has 0 bridgehead atoms. The van der Waals surface area contributed by atoms with E-state index in [1.165, 1.54) is 5.56 Å². The number of piperidine rings is 1. The van der Waals surface area contributed by atoms with Crippen molar-refractivity contribution in [3.63, 3.8) is 0 Å². The molecular formula is C15H26N4O. The monoisotopic (exact) mass is 278 g/mol. The molecule has 0 atom stereocenters. The van der Waals surface area contributed by atoms with Crippen LogP contribution in [-0.4, -0.2) is 42.8 Å². The van der Waals surface area contributed by atoms with E-state index in [9.17, 15) is 0 Å². The van der Waals surface area contributed by atoms with Gasteiger partial charge in [-0.1, -0.05) is 13.8 Å². The van der Waals surface area contributed by atoms with Gasteiger partial charge in [0, 0.05) is 32.3 Å². The first kappa shape index (κ1) is 15.0. The third-order valence-electron chi connectivity index (χ3n) is 3.82. The molecule has 20 heavy (non-hydrogen) atoms. The summed E-state index contributed by atoms with van der Waals surface area (Å²) in [5.74, 6) is 2.42. The van der Waals surface area contributed by atoms with E-state index in [0.29, 0.717) is 12.0 Å². The molecule has 0 amide bonds. The predicted octanol–water partition coefficient (Wildman–Crippen LogP) is 2.65. The number of ether oxygens (including phenoxy) is 1. The van der Waals surface area contributed by atoms with E-state index >= 15 is 0 Å². The fourth-order valence-electron chi connectivity index (χ4n) is 2.84. The Labute approximate surface area is 121 Å². The average molecular weight is 278 g/mol. The van der Waals surface area contributed by atoms with Crippen LogP contribution >= 0.6 is 0 Å². The van der Waals surface area contributed by atoms with E-state index in [1.807, 2.05) is 7.05 Å². The maximum Gasteiger partial charge on any atom is 0.137 e. The Morgan fingerprint density at radius 3 is 2.60 bits per heavy atom. The molecule has 0 saturated carbocycles. The van der Waals surface area contributed by atoms with E-state index in [2.05, 4.69) is 41.0 Å². The highest BCUT2D eigenvalue weighted by Crippen LogP contribution is 2.32. The smallest absolute Gasteiger partial charge is 0.137 e. The molecule has 1 aromatic heterocycles. The third kappa shape index (κ3) is 3.20. The van der Waals surface area contributed by atoms with E-state index in [-0.39, 0.29) is 0 Å². The van der Waals surface area contributed by atoms with Crippen molar-refractivity contribution in [3.8, 4) is 0 Å². The third-order valence-corrected chi connectivity index (χ3v) is 3.82. The summed E-state index contributed by atoms with van der Waals surface area (Å²) in [5.41, 5.74) is 1.21.